The molecule has 0 spiro atoms. The minimum atomic E-state index is -1.14. The Morgan fingerprint density at radius 3 is 2.59 bits per heavy atom. The topological polar surface area (TPSA) is 78.9 Å². The Morgan fingerprint density at radius 2 is 2.24 bits per heavy atom. The fourth-order valence-corrected chi connectivity index (χ4v) is 1.96. The van der Waals surface area contributed by atoms with Crippen molar-refractivity contribution in [2.24, 2.45) is 0 Å². The van der Waals surface area contributed by atoms with Crippen molar-refractivity contribution < 1.29 is 19.4 Å². The maximum Gasteiger partial charge on any atom is 0.333 e. The lowest BCUT2D eigenvalue weighted by molar-refractivity contribution is -0.156. The third kappa shape index (κ3) is 3.17. The molecule has 2 N–H and O–H groups in total. The maximum absolute atomic E-state index is 12.0. The monoisotopic (exact) mass is 244 g/mol. The van der Waals surface area contributed by atoms with E-state index < -0.39 is 23.5 Å². The van der Waals surface area contributed by atoms with Crippen LogP contribution in [0.4, 0.5) is 0 Å². The van der Waals surface area contributed by atoms with Crippen molar-refractivity contribution in [2.75, 3.05) is 20.6 Å². The van der Waals surface area contributed by atoms with Gasteiger partial charge in [-0.3, -0.25) is 4.79 Å². The highest BCUT2D eigenvalue weighted by molar-refractivity contribution is 5.94. The van der Waals surface area contributed by atoms with Crippen molar-refractivity contribution in [1.82, 2.24) is 10.2 Å². The number of aliphatic hydroxyl groups is 1. The van der Waals surface area contributed by atoms with Gasteiger partial charge in [0.15, 0.2) is 5.54 Å². The number of nitrogens with zero attached hydrogens (tertiary/aromatic N) is 1. The summed E-state index contributed by atoms with van der Waals surface area (Å²) in [6.45, 7) is 3.80. The summed E-state index contributed by atoms with van der Waals surface area (Å²) in [5.74, 6) is -1.02. The minimum absolute atomic E-state index is 0.0512. The lowest BCUT2D eigenvalue weighted by Crippen LogP contribution is -2.56. The summed E-state index contributed by atoms with van der Waals surface area (Å²) in [6, 6.07) is 0. The number of ether oxygens (including phenoxy) is 1. The molecule has 0 unspecified atom stereocenters. The average Bonchev–Trinajstić information content (AvgIpc) is 2.41. The van der Waals surface area contributed by atoms with Gasteiger partial charge in [0.25, 0.3) is 0 Å². The zero-order chi connectivity index (χ0) is 13.2. The number of nitrogens with one attached hydrogen (secondary N) is 1. The first-order valence-corrected chi connectivity index (χ1v) is 5.63. The second-order valence-electron chi connectivity index (χ2n) is 4.98. The Morgan fingerprint density at radius 1 is 1.65 bits per heavy atom. The summed E-state index contributed by atoms with van der Waals surface area (Å²) in [6.07, 6.45) is -1.35. The fourth-order valence-electron chi connectivity index (χ4n) is 1.96. The Balaban J connectivity index is 2.88. The van der Waals surface area contributed by atoms with Crippen LogP contribution in [0, 0.1) is 0 Å². The van der Waals surface area contributed by atoms with Crippen LogP contribution in [0.1, 0.15) is 20.3 Å². The van der Waals surface area contributed by atoms with Crippen LogP contribution in [-0.2, 0) is 14.3 Å². The molecule has 0 aliphatic carbocycles. The quantitative estimate of drug-likeness (QED) is 0.628. The van der Waals surface area contributed by atoms with Crippen LogP contribution in [0.3, 0.4) is 0 Å². The average molecular weight is 244 g/mol. The van der Waals surface area contributed by atoms with Crippen LogP contribution < -0.4 is 5.32 Å². The van der Waals surface area contributed by atoms with Gasteiger partial charge in [0, 0.05) is 13.0 Å². The van der Waals surface area contributed by atoms with E-state index in [9.17, 15) is 14.7 Å². The number of carbonyl (C=O) groups is 2. The highest BCUT2D eigenvalue weighted by Crippen LogP contribution is 2.23. The highest BCUT2D eigenvalue weighted by atomic mass is 16.5. The van der Waals surface area contributed by atoms with E-state index in [4.69, 9.17) is 4.74 Å². The fraction of sp³-hybridized carbons (Fsp3) is 0.818. The summed E-state index contributed by atoms with van der Waals surface area (Å²) in [7, 11) is 3.59. The molecule has 2 atom stereocenters. The molecule has 1 aliphatic rings. The van der Waals surface area contributed by atoms with E-state index in [1.54, 1.807) is 32.8 Å². The van der Waals surface area contributed by atoms with Gasteiger partial charge in [0.2, 0.25) is 5.91 Å². The second kappa shape index (κ2) is 5.01. The largest absolute Gasteiger partial charge is 0.461 e. The number of rotatable bonds is 4. The molecule has 0 saturated carbocycles. The smallest absolute Gasteiger partial charge is 0.333 e. The molecule has 1 rings (SSSR count). The molecule has 1 fully saturated rings. The summed E-state index contributed by atoms with van der Waals surface area (Å²) in [5, 5.41) is 12.0. The van der Waals surface area contributed by atoms with E-state index in [1.165, 1.54) is 0 Å². The van der Waals surface area contributed by atoms with Gasteiger partial charge in [-0.05, 0) is 27.9 Å². The molecule has 1 amide bonds. The lowest BCUT2D eigenvalue weighted by Gasteiger charge is -2.30. The van der Waals surface area contributed by atoms with Gasteiger partial charge in [-0.25, -0.2) is 4.79 Å². The van der Waals surface area contributed by atoms with E-state index in [0.29, 0.717) is 6.54 Å². The van der Waals surface area contributed by atoms with E-state index >= 15 is 0 Å². The van der Waals surface area contributed by atoms with Gasteiger partial charge in [0.1, 0.15) is 6.10 Å². The number of amides is 1. The Hall–Kier alpha value is -1.14. The van der Waals surface area contributed by atoms with Crippen molar-refractivity contribution in [3.8, 4) is 0 Å². The van der Waals surface area contributed by atoms with Crippen LogP contribution >= 0.6 is 0 Å². The predicted octanol–water partition coefficient (Wildman–Crippen LogP) is -0.881. The molecule has 6 heteroatoms. The zero-order valence-electron chi connectivity index (χ0n) is 10.7. The van der Waals surface area contributed by atoms with Crippen molar-refractivity contribution in [1.29, 1.82) is 0 Å². The van der Waals surface area contributed by atoms with Crippen molar-refractivity contribution >= 4 is 11.9 Å². The third-order valence-electron chi connectivity index (χ3n) is 2.53. The van der Waals surface area contributed by atoms with Gasteiger partial charge in [-0.15, -0.1) is 0 Å². The Labute approximate surface area is 101 Å². The molecule has 0 aromatic rings. The SMILES string of the molecule is CC(C)OC(=O)[C@]1(CN(C)C)C[C@H](O)C(=O)N1. The van der Waals surface area contributed by atoms with Gasteiger partial charge >= 0.3 is 5.97 Å². The first-order valence-electron chi connectivity index (χ1n) is 5.63. The Bertz CT molecular complexity index is 317. The van der Waals surface area contributed by atoms with Crippen molar-refractivity contribution in [2.45, 2.75) is 38.0 Å². The third-order valence-corrected chi connectivity index (χ3v) is 2.53. The molecular weight excluding hydrogens is 224 g/mol. The second-order valence-corrected chi connectivity index (χ2v) is 4.98. The predicted molar refractivity (Wildman–Crippen MR) is 61.3 cm³/mol. The molecule has 1 heterocycles. The van der Waals surface area contributed by atoms with Gasteiger partial charge < -0.3 is 20.1 Å². The molecule has 0 aromatic carbocycles. The number of carbonyl (C=O) groups excluding carboxylic acids is 2. The van der Waals surface area contributed by atoms with Crippen LogP contribution in [0.25, 0.3) is 0 Å². The summed E-state index contributed by atoms with van der Waals surface area (Å²) < 4.78 is 5.14. The molecule has 1 aliphatic heterocycles. The molecule has 6 nitrogen and oxygen atoms in total. The number of aliphatic hydroxyl groups excluding tert-OH is 1. The number of hydrogen-bond donors (Lipinski definition) is 2. The van der Waals surface area contributed by atoms with E-state index in [0.717, 1.165) is 0 Å². The maximum atomic E-state index is 12.0. The number of esters is 1. The molecular formula is C11H20N2O4. The zero-order valence-corrected chi connectivity index (χ0v) is 10.7. The molecule has 1 saturated heterocycles. The van der Waals surface area contributed by atoms with E-state index in [1.807, 2.05) is 0 Å². The summed E-state index contributed by atoms with van der Waals surface area (Å²) >= 11 is 0. The normalized spacial score (nSPS) is 28.6. The summed E-state index contributed by atoms with van der Waals surface area (Å²) in [5.41, 5.74) is -1.13. The molecule has 0 aromatic heterocycles. The van der Waals surface area contributed by atoms with Crippen LogP contribution in [0.5, 0.6) is 0 Å². The van der Waals surface area contributed by atoms with E-state index in [2.05, 4.69) is 5.32 Å². The molecule has 98 valence electrons. The first kappa shape index (κ1) is 13.9. The first-order chi connectivity index (χ1) is 7.77. The molecule has 0 bridgehead atoms. The van der Waals surface area contributed by atoms with Crippen LogP contribution in [-0.4, -0.2) is 60.3 Å². The lowest BCUT2D eigenvalue weighted by atomic mass is 9.96. The molecule has 0 radical (unpaired) electrons. The van der Waals surface area contributed by atoms with Crippen molar-refractivity contribution in [3.63, 3.8) is 0 Å². The Kier molecular flexibility index (Phi) is 4.11. The number of hydrogen-bond acceptors (Lipinski definition) is 5. The highest BCUT2D eigenvalue weighted by Gasteiger charge is 2.50. The van der Waals surface area contributed by atoms with Crippen LogP contribution in [0.15, 0.2) is 0 Å². The van der Waals surface area contributed by atoms with Crippen molar-refractivity contribution in [3.05, 3.63) is 0 Å². The van der Waals surface area contributed by atoms with E-state index in [-0.39, 0.29) is 12.5 Å². The van der Waals surface area contributed by atoms with Gasteiger partial charge in [-0.1, -0.05) is 0 Å². The minimum Gasteiger partial charge on any atom is -0.461 e. The van der Waals surface area contributed by atoms with Gasteiger partial charge in [-0.2, -0.15) is 0 Å². The standard InChI is InChI=1S/C11H20N2O4/c1-7(2)17-10(16)11(6-13(3)4)5-8(14)9(15)12-11/h7-8,14H,5-6H2,1-4H3,(H,12,15)/t8-,11+/m0/s1. The number of likely N-dealkylation sites (N-methyl/N-ethyl adjacent to an activating group) is 1. The van der Waals surface area contributed by atoms with Crippen LogP contribution in [0.2, 0.25) is 0 Å². The summed E-state index contributed by atoms with van der Waals surface area (Å²) in [4.78, 5) is 25.2. The molecule has 17 heavy (non-hydrogen) atoms. The van der Waals surface area contributed by atoms with Gasteiger partial charge in [0.05, 0.1) is 6.10 Å².